The number of carbonyl (C=O) groups excluding carboxylic acids is 3. The van der Waals surface area contributed by atoms with Crippen molar-refractivity contribution in [2.24, 2.45) is 17.6 Å². The summed E-state index contributed by atoms with van der Waals surface area (Å²) in [6, 6.07) is 2.73. The molecule has 0 amide bonds. The lowest BCUT2D eigenvalue weighted by molar-refractivity contribution is -0.139. The summed E-state index contributed by atoms with van der Waals surface area (Å²) in [5, 5.41) is 9.68. The number of carbonyl (C=O) groups is 4. The molecular weight excluding hydrogens is 526 g/mol. The molecule has 0 aliphatic rings. The first-order chi connectivity index (χ1) is 18.9. The lowest BCUT2D eigenvalue weighted by atomic mass is 9.82. The molecule has 0 radical (unpaired) electrons. The highest BCUT2D eigenvalue weighted by Crippen LogP contribution is 2.36. The summed E-state index contributed by atoms with van der Waals surface area (Å²) in [5.74, 6) is -3.08. The second-order valence-electron chi connectivity index (χ2n) is 9.81. The molecule has 1 aromatic carbocycles. The normalized spacial score (nSPS) is 13.9. The molecule has 12 heteroatoms. The number of nitrogens with two attached hydrogens (primary N) is 1. The summed E-state index contributed by atoms with van der Waals surface area (Å²) in [6.45, 7) is 11.1. The Balaban J connectivity index is 3.25. The number of hydrogen-bond acceptors (Lipinski definition) is 11. The molecule has 0 saturated carbocycles. The predicted molar refractivity (Wildman–Crippen MR) is 144 cm³/mol. The highest BCUT2D eigenvalue weighted by Gasteiger charge is 2.33. The molecule has 1 aromatic rings. The maximum atomic E-state index is 12.3. The first-order valence-electron chi connectivity index (χ1n) is 13.6. The Morgan fingerprint density at radius 2 is 1.38 bits per heavy atom. The zero-order valence-electron chi connectivity index (χ0n) is 24.2. The van der Waals surface area contributed by atoms with E-state index in [0.29, 0.717) is 18.4 Å². The topological polar surface area (TPSA) is 170 Å². The van der Waals surface area contributed by atoms with Crippen molar-refractivity contribution in [1.29, 1.82) is 0 Å². The van der Waals surface area contributed by atoms with Crippen LogP contribution < -0.4 is 15.2 Å². The molecule has 226 valence electrons. The molecule has 12 nitrogen and oxygen atoms in total. The largest absolute Gasteiger partial charge is 0.513 e. The Labute approximate surface area is 235 Å². The number of unbranched alkanes of at least 4 members (excludes halogenated alkanes) is 2. The van der Waals surface area contributed by atoms with Gasteiger partial charge in [-0.1, -0.05) is 53.5 Å². The van der Waals surface area contributed by atoms with Gasteiger partial charge in [0.2, 0.25) is 0 Å². The van der Waals surface area contributed by atoms with Gasteiger partial charge in [0.25, 0.3) is 0 Å². The van der Waals surface area contributed by atoms with Crippen LogP contribution in [0.25, 0.3) is 0 Å². The minimum Gasteiger partial charge on any atom is -0.480 e. The summed E-state index contributed by atoms with van der Waals surface area (Å²) in [4.78, 5) is 48.5. The van der Waals surface area contributed by atoms with Crippen LogP contribution in [0.3, 0.4) is 0 Å². The molecular formula is C28H43NO11. The number of benzene rings is 1. The van der Waals surface area contributed by atoms with Gasteiger partial charge in [0, 0.05) is 5.92 Å². The van der Waals surface area contributed by atoms with E-state index >= 15 is 0 Å². The third-order valence-corrected chi connectivity index (χ3v) is 6.14. The van der Waals surface area contributed by atoms with E-state index in [9.17, 15) is 24.3 Å². The molecule has 4 atom stereocenters. The van der Waals surface area contributed by atoms with Crippen LogP contribution in [0.1, 0.15) is 78.7 Å². The third kappa shape index (κ3) is 12.1. The average Bonchev–Trinajstić information content (AvgIpc) is 2.89. The summed E-state index contributed by atoms with van der Waals surface area (Å²) < 4.78 is 31.0. The van der Waals surface area contributed by atoms with Gasteiger partial charge in [-0.3, -0.25) is 4.79 Å². The zero-order chi connectivity index (χ0) is 30.2. The molecule has 3 N–H and O–H groups in total. The van der Waals surface area contributed by atoms with Gasteiger partial charge in [-0.15, -0.1) is 0 Å². The number of carboxylic acid groups (broad SMARTS) is 1. The second kappa shape index (κ2) is 17.9. The van der Waals surface area contributed by atoms with Crippen LogP contribution in [0.4, 0.5) is 14.4 Å². The Hall–Kier alpha value is -3.54. The van der Waals surface area contributed by atoms with Gasteiger partial charge >= 0.3 is 24.4 Å². The number of ether oxygens (including phenoxy) is 6. The van der Waals surface area contributed by atoms with Crippen LogP contribution in [0.2, 0.25) is 0 Å². The van der Waals surface area contributed by atoms with Crippen molar-refractivity contribution in [3.8, 4) is 11.5 Å². The van der Waals surface area contributed by atoms with Gasteiger partial charge in [-0.05, 0) is 49.3 Å². The van der Waals surface area contributed by atoms with E-state index in [4.69, 9.17) is 34.2 Å². The van der Waals surface area contributed by atoms with E-state index in [-0.39, 0.29) is 43.3 Å². The van der Waals surface area contributed by atoms with E-state index in [1.807, 2.05) is 27.7 Å². The van der Waals surface area contributed by atoms with Crippen LogP contribution in [0.15, 0.2) is 18.2 Å². The molecule has 3 unspecified atom stereocenters. The fraction of sp³-hybridized carbons (Fsp3) is 0.643. The lowest BCUT2D eigenvalue weighted by Gasteiger charge is -2.28. The van der Waals surface area contributed by atoms with Gasteiger partial charge in [-0.2, -0.15) is 0 Å². The zero-order valence-corrected chi connectivity index (χ0v) is 24.2. The minimum absolute atomic E-state index is 0.0786. The number of aliphatic carboxylic acids is 1. The van der Waals surface area contributed by atoms with Gasteiger partial charge in [0.1, 0.15) is 12.1 Å². The summed E-state index contributed by atoms with van der Waals surface area (Å²) in [7, 11) is 0. The third-order valence-electron chi connectivity index (χ3n) is 6.14. The van der Waals surface area contributed by atoms with Gasteiger partial charge in [0.15, 0.2) is 11.5 Å². The van der Waals surface area contributed by atoms with Crippen molar-refractivity contribution in [2.75, 3.05) is 19.8 Å². The first-order valence-corrected chi connectivity index (χ1v) is 13.6. The van der Waals surface area contributed by atoms with E-state index in [1.165, 1.54) is 18.2 Å². The Morgan fingerprint density at radius 1 is 0.825 bits per heavy atom. The van der Waals surface area contributed by atoms with E-state index < -0.39 is 42.3 Å². The molecule has 0 bridgehead atoms. The molecule has 0 heterocycles. The lowest BCUT2D eigenvalue weighted by Crippen LogP contribution is -2.40. The fourth-order valence-electron chi connectivity index (χ4n) is 3.40. The summed E-state index contributed by atoms with van der Waals surface area (Å²) in [6.07, 6.45) is -0.445. The maximum Gasteiger partial charge on any atom is 0.513 e. The molecule has 0 fully saturated rings. The van der Waals surface area contributed by atoms with Crippen LogP contribution in [-0.2, 0) is 23.7 Å². The van der Waals surface area contributed by atoms with Gasteiger partial charge in [0.05, 0.1) is 19.8 Å². The highest BCUT2D eigenvalue weighted by molar-refractivity contribution is 5.75. The highest BCUT2D eigenvalue weighted by atomic mass is 16.7. The minimum atomic E-state index is -1.42. The Kier molecular flexibility index (Phi) is 15.5. The molecule has 40 heavy (non-hydrogen) atoms. The van der Waals surface area contributed by atoms with Crippen molar-refractivity contribution in [3.63, 3.8) is 0 Å². The van der Waals surface area contributed by atoms with Gasteiger partial charge in [-0.25, -0.2) is 14.4 Å². The predicted octanol–water partition coefficient (Wildman–Crippen LogP) is 5.65. The summed E-state index contributed by atoms with van der Waals surface area (Å²) >= 11 is 0. The van der Waals surface area contributed by atoms with E-state index in [2.05, 4.69) is 0 Å². The molecule has 0 aromatic heterocycles. The van der Waals surface area contributed by atoms with E-state index in [1.54, 1.807) is 13.8 Å². The van der Waals surface area contributed by atoms with Crippen LogP contribution in [-0.4, -0.2) is 61.5 Å². The molecule has 0 aliphatic heterocycles. The van der Waals surface area contributed by atoms with Crippen molar-refractivity contribution >= 4 is 24.4 Å². The smallest absolute Gasteiger partial charge is 0.480 e. The second-order valence-corrected chi connectivity index (χ2v) is 9.81. The maximum absolute atomic E-state index is 12.3. The summed E-state index contributed by atoms with van der Waals surface area (Å²) in [5.41, 5.74) is 6.36. The Morgan fingerprint density at radius 3 is 1.88 bits per heavy atom. The quantitative estimate of drug-likeness (QED) is 0.109. The number of hydrogen-bond donors (Lipinski definition) is 2. The standard InChI is InChI=1S/C28H43NO11/c1-7-9-13-35-26(32)39-21-12-11-20(15-22(21)40-27(33)36-14-10-8-2)23(24(29)25(30)31)18(5)16-37-28(34)38-19(6)17(3)4/h11-12,15,17-19,23-24H,7-10,13-14,16,29H2,1-6H3,(H,30,31)/t18?,19?,23?,24-/m0/s1. The fourth-order valence-corrected chi connectivity index (χ4v) is 3.40. The van der Waals surface area contributed by atoms with Crippen LogP contribution >= 0.6 is 0 Å². The number of rotatable bonds is 16. The Bertz CT molecular complexity index is 966. The van der Waals surface area contributed by atoms with Crippen LogP contribution in [0, 0.1) is 11.8 Å². The molecule has 0 spiro atoms. The molecule has 0 saturated heterocycles. The molecule has 1 rings (SSSR count). The first kappa shape index (κ1) is 34.5. The van der Waals surface area contributed by atoms with E-state index in [0.717, 1.165) is 12.8 Å². The SMILES string of the molecule is CCCCOC(=O)Oc1ccc(C(C(C)COC(=O)OC(C)C(C)C)[C@H](N)C(=O)O)cc1OC(=O)OCCCC. The average molecular weight is 570 g/mol. The number of carboxylic acids is 1. The van der Waals surface area contributed by atoms with Crippen molar-refractivity contribution in [3.05, 3.63) is 23.8 Å². The van der Waals surface area contributed by atoms with Crippen molar-refractivity contribution in [1.82, 2.24) is 0 Å². The monoisotopic (exact) mass is 569 g/mol. The van der Waals surface area contributed by atoms with Crippen molar-refractivity contribution < 1.29 is 52.7 Å². The van der Waals surface area contributed by atoms with Gasteiger partial charge < -0.3 is 39.3 Å². The van der Waals surface area contributed by atoms with Crippen LogP contribution in [0.5, 0.6) is 11.5 Å². The van der Waals surface area contributed by atoms with Crippen molar-refractivity contribution in [2.45, 2.75) is 85.3 Å². The molecule has 0 aliphatic carbocycles.